The molecule has 0 aliphatic heterocycles. The minimum atomic E-state index is -0.647. The van der Waals surface area contributed by atoms with Crippen LogP contribution >= 0.6 is 23.2 Å². The topological polar surface area (TPSA) is 20.2 Å². The van der Waals surface area contributed by atoms with Crippen molar-refractivity contribution in [1.29, 1.82) is 0 Å². The maximum atomic E-state index is 10.4. The van der Waals surface area contributed by atoms with Crippen molar-refractivity contribution in [3.63, 3.8) is 0 Å². The predicted octanol–water partition coefficient (Wildman–Crippen LogP) is 4.89. The fourth-order valence-corrected chi connectivity index (χ4v) is 2.60. The summed E-state index contributed by atoms with van der Waals surface area (Å²) in [5.41, 5.74) is 3.92. The zero-order chi connectivity index (χ0) is 14.0. The van der Waals surface area contributed by atoms with Crippen LogP contribution in [0.25, 0.3) is 0 Å². The van der Waals surface area contributed by atoms with Gasteiger partial charge in [0, 0.05) is 16.5 Å². The Balaban J connectivity index is 2.28. The van der Waals surface area contributed by atoms with E-state index in [2.05, 4.69) is 0 Å². The number of hydrogen-bond acceptors (Lipinski definition) is 1. The van der Waals surface area contributed by atoms with Gasteiger partial charge in [-0.2, -0.15) is 0 Å². The summed E-state index contributed by atoms with van der Waals surface area (Å²) in [5.74, 6) is 0. The fourth-order valence-electron chi connectivity index (χ4n) is 2.04. The van der Waals surface area contributed by atoms with E-state index in [1.807, 2.05) is 50.2 Å². The van der Waals surface area contributed by atoms with Crippen molar-refractivity contribution in [3.05, 3.63) is 68.7 Å². The van der Waals surface area contributed by atoms with Gasteiger partial charge in [-0.1, -0.05) is 47.5 Å². The van der Waals surface area contributed by atoms with E-state index in [0.717, 1.165) is 22.3 Å². The Morgan fingerprint density at radius 2 is 1.63 bits per heavy atom. The van der Waals surface area contributed by atoms with Crippen molar-refractivity contribution in [2.75, 3.05) is 0 Å². The number of rotatable bonds is 3. The second-order valence-corrected chi connectivity index (χ2v) is 5.58. The molecule has 1 atom stereocenters. The number of aryl methyl sites for hydroxylation is 2. The summed E-state index contributed by atoms with van der Waals surface area (Å²) in [5, 5.41) is 11.6. The smallest absolute Gasteiger partial charge is 0.0845 e. The lowest BCUT2D eigenvalue weighted by atomic mass is 9.98. The molecule has 0 aliphatic rings. The first-order valence-corrected chi connectivity index (χ1v) is 6.92. The summed E-state index contributed by atoms with van der Waals surface area (Å²) in [6.07, 6.45) is -0.186. The molecule has 0 bridgehead atoms. The highest BCUT2D eigenvalue weighted by Crippen LogP contribution is 2.30. The first kappa shape index (κ1) is 14.4. The number of aliphatic hydroxyl groups excluding tert-OH is 1. The molecule has 1 unspecified atom stereocenters. The van der Waals surface area contributed by atoms with Crippen molar-refractivity contribution >= 4 is 23.2 Å². The average Bonchev–Trinajstić information content (AvgIpc) is 2.36. The highest BCUT2D eigenvalue weighted by atomic mass is 35.5. The predicted molar refractivity (Wildman–Crippen MR) is 81.0 cm³/mol. The van der Waals surface area contributed by atoms with E-state index in [1.54, 1.807) is 0 Å². The minimum Gasteiger partial charge on any atom is -0.388 e. The molecule has 3 heteroatoms. The number of aliphatic hydroxyl groups is 1. The van der Waals surface area contributed by atoms with E-state index in [0.29, 0.717) is 16.5 Å². The third kappa shape index (κ3) is 3.30. The van der Waals surface area contributed by atoms with Gasteiger partial charge in [0.2, 0.25) is 0 Å². The van der Waals surface area contributed by atoms with Crippen LogP contribution in [-0.2, 0) is 6.42 Å². The molecule has 0 aliphatic carbocycles. The lowest BCUT2D eigenvalue weighted by Gasteiger charge is -2.15. The normalized spacial score (nSPS) is 12.5. The Kier molecular flexibility index (Phi) is 4.51. The van der Waals surface area contributed by atoms with Gasteiger partial charge in [0.05, 0.1) is 6.10 Å². The Labute approximate surface area is 123 Å². The van der Waals surface area contributed by atoms with E-state index in [1.165, 1.54) is 0 Å². The Bertz CT molecular complexity index is 593. The van der Waals surface area contributed by atoms with Crippen LogP contribution in [0, 0.1) is 13.8 Å². The number of benzene rings is 2. The van der Waals surface area contributed by atoms with E-state index in [-0.39, 0.29) is 0 Å². The highest BCUT2D eigenvalue weighted by molar-refractivity contribution is 6.31. The molecule has 0 spiro atoms. The van der Waals surface area contributed by atoms with E-state index >= 15 is 0 Å². The van der Waals surface area contributed by atoms with Crippen molar-refractivity contribution in [2.45, 2.75) is 26.4 Å². The van der Waals surface area contributed by atoms with Gasteiger partial charge >= 0.3 is 0 Å². The SMILES string of the molecule is Cc1cc(Cl)c(C(O)Cc2ccccc2Cl)cc1C. The Morgan fingerprint density at radius 3 is 2.32 bits per heavy atom. The third-order valence-electron chi connectivity index (χ3n) is 3.34. The Morgan fingerprint density at radius 1 is 1.00 bits per heavy atom. The van der Waals surface area contributed by atoms with Crippen LogP contribution in [0.1, 0.15) is 28.4 Å². The quantitative estimate of drug-likeness (QED) is 0.855. The van der Waals surface area contributed by atoms with Crippen molar-refractivity contribution in [1.82, 2.24) is 0 Å². The zero-order valence-electron chi connectivity index (χ0n) is 11.0. The van der Waals surface area contributed by atoms with Crippen LogP contribution in [0.4, 0.5) is 0 Å². The molecule has 1 N–H and O–H groups in total. The largest absolute Gasteiger partial charge is 0.388 e. The second-order valence-electron chi connectivity index (χ2n) is 4.77. The maximum Gasteiger partial charge on any atom is 0.0845 e. The molecule has 1 nitrogen and oxygen atoms in total. The van der Waals surface area contributed by atoms with Crippen molar-refractivity contribution < 1.29 is 5.11 Å². The monoisotopic (exact) mass is 294 g/mol. The molecule has 2 rings (SSSR count). The van der Waals surface area contributed by atoms with Crippen LogP contribution in [0.2, 0.25) is 10.0 Å². The molecule has 0 heterocycles. The molecule has 0 saturated carbocycles. The molecule has 100 valence electrons. The van der Waals surface area contributed by atoms with Crippen LogP contribution in [-0.4, -0.2) is 5.11 Å². The third-order valence-corrected chi connectivity index (χ3v) is 4.04. The van der Waals surface area contributed by atoms with Gasteiger partial charge in [-0.15, -0.1) is 0 Å². The van der Waals surface area contributed by atoms with Crippen LogP contribution in [0.15, 0.2) is 36.4 Å². The fraction of sp³-hybridized carbons (Fsp3) is 0.250. The number of hydrogen-bond donors (Lipinski definition) is 1. The van der Waals surface area contributed by atoms with Gasteiger partial charge in [-0.05, 0) is 48.2 Å². The summed E-state index contributed by atoms with van der Waals surface area (Å²) < 4.78 is 0. The summed E-state index contributed by atoms with van der Waals surface area (Å²) in [6.45, 7) is 4.02. The van der Waals surface area contributed by atoms with E-state index in [4.69, 9.17) is 23.2 Å². The lowest BCUT2D eigenvalue weighted by molar-refractivity contribution is 0.178. The molecule has 0 fully saturated rings. The summed E-state index contributed by atoms with van der Waals surface area (Å²) in [6, 6.07) is 11.4. The van der Waals surface area contributed by atoms with E-state index < -0.39 is 6.10 Å². The van der Waals surface area contributed by atoms with Crippen LogP contribution in [0.5, 0.6) is 0 Å². The lowest BCUT2D eigenvalue weighted by Crippen LogP contribution is -2.04. The van der Waals surface area contributed by atoms with Gasteiger partial charge < -0.3 is 5.11 Å². The molecule has 0 saturated heterocycles. The second kappa shape index (κ2) is 5.96. The highest BCUT2D eigenvalue weighted by Gasteiger charge is 2.15. The first-order valence-electron chi connectivity index (χ1n) is 6.17. The molecule has 0 amide bonds. The van der Waals surface area contributed by atoms with Gasteiger partial charge in [-0.25, -0.2) is 0 Å². The van der Waals surface area contributed by atoms with Gasteiger partial charge in [0.1, 0.15) is 0 Å². The summed E-state index contributed by atoms with van der Waals surface area (Å²) in [4.78, 5) is 0. The van der Waals surface area contributed by atoms with Gasteiger partial charge in [-0.3, -0.25) is 0 Å². The molecule has 2 aromatic rings. The standard InChI is InChI=1S/C16H16Cl2O/c1-10-7-13(15(18)8-11(10)2)16(19)9-12-5-3-4-6-14(12)17/h3-8,16,19H,9H2,1-2H3. The van der Waals surface area contributed by atoms with E-state index in [9.17, 15) is 5.11 Å². The molecular weight excluding hydrogens is 279 g/mol. The molecule has 19 heavy (non-hydrogen) atoms. The molecule has 0 radical (unpaired) electrons. The average molecular weight is 295 g/mol. The zero-order valence-corrected chi connectivity index (χ0v) is 12.5. The molecule has 0 aromatic heterocycles. The summed E-state index contributed by atoms with van der Waals surface area (Å²) in [7, 11) is 0. The molecule has 2 aromatic carbocycles. The van der Waals surface area contributed by atoms with Crippen LogP contribution < -0.4 is 0 Å². The van der Waals surface area contributed by atoms with Crippen molar-refractivity contribution in [2.24, 2.45) is 0 Å². The van der Waals surface area contributed by atoms with Gasteiger partial charge in [0.25, 0.3) is 0 Å². The first-order chi connectivity index (χ1) is 8.99. The minimum absolute atomic E-state index is 0.460. The molecular formula is C16H16Cl2O. The van der Waals surface area contributed by atoms with Crippen LogP contribution in [0.3, 0.4) is 0 Å². The van der Waals surface area contributed by atoms with Crippen molar-refractivity contribution in [3.8, 4) is 0 Å². The maximum absolute atomic E-state index is 10.4. The van der Waals surface area contributed by atoms with Gasteiger partial charge in [0.15, 0.2) is 0 Å². The summed E-state index contributed by atoms with van der Waals surface area (Å²) >= 11 is 12.3. The number of halogens is 2. The Hall–Kier alpha value is -1.02.